The second kappa shape index (κ2) is 7.24. The fourth-order valence-electron chi connectivity index (χ4n) is 1.23. The maximum atomic E-state index is 11.8. The molecule has 0 aliphatic heterocycles. The Morgan fingerprint density at radius 1 is 1.62 bits per heavy atom. The Kier molecular flexibility index (Phi) is 6.76. The highest BCUT2D eigenvalue weighted by molar-refractivity contribution is 5.92. The molecule has 0 bridgehead atoms. The number of rotatable bonds is 5. The van der Waals surface area contributed by atoms with E-state index in [1.807, 2.05) is 14.0 Å². The summed E-state index contributed by atoms with van der Waals surface area (Å²) in [7, 11) is 3.64. The first kappa shape index (κ1) is 14.9. The van der Waals surface area contributed by atoms with E-state index in [-0.39, 0.29) is 18.3 Å². The van der Waals surface area contributed by atoms with Gasteiger partial charge in [0.1, 0.15) is 5.69 Å². The van der Waals surface area contributed by atoms with Crippen LogP contribution in [-0.4, -0.2) is 48.2 Å². The first-order chi connectivity index (χ1) is 7.19. The first-order valence-corrected chi connectivity index (χ1v) is 5.13. The van der Waals surface area contributed by atoms with Crippen molar-refractivity contribution in [3.8, 4) is 0 Å². The van der Waals surface area contributed by atoms with E-state index >= 15 is 0 Å². The van der Waals surface area contributed by atoms with E-state index in [0.717, 1.165) is 18.7 Å². The lowest BCUT2D eigenvalue weighted by Gasteiger charge is -2.14. The number of hydrogen-bond donors (Lipinski definition) is 2. The molecule has 0 spiro atoms. The molecule has 0 saturated carbocycles. The number of nitrogens with zero attached hydrogens (tertiary/aromatic N) is 2. The summed E-state index contributed by atoms with van der Waals surface area (Å²) in [6.45, 7) is 3.49. The summed E-state index contributed by atoms with van der Waals surface area (Å²) in [5.74, 6) is -0.0406. The molecular formula is C10H19ClN4O. The quantitative estimate of drug-likeness (QED) is 0.804. The molecule has 1 heterocycles. The number of aryl methyl sites for hydroxylation is 1. The topological polar surface area (TPSA) is 61.0 Å². The average Bonchev–Trinajstić information content (AvgIpc) is 2.73. The maximum absolute atomic E-state index is 11.8. The van der Waals surface area contributed by atoms with Gasteiger partial charge >= 0.3 is 0 Å². The molecule has 0 fully saturated rings. The average molecular weight is 247 g/mol. The Hall–Kier alpha value is -1.07. The summed E-state index contributed by atoms with van der Waals surface area (Å²) < 4.78 is 0. The molecule has 2 N–H and O–H groups in total. The van der Waals surface area contributed by atoms with Gasteiger partial charge in [0, 0.05) is 25.8 Å². The molecule has 1 rings (SSSR count). The third-order valence-electron chi connectivity index (χ3n) is 2.27. The highest BCUT2D eigenvalue weighted by Crippen LogP contribution is 2.03. The third-order valence-corrected chi connectivity index (χ3v) is 2.27. The minimum absolute atomic E-state index is 0. The molecule has 0 aliphatic carbocycles. The van der Waals surface area contributed by atoms with Crippen LogP contribution in [0.25, 0.3) is 0 Å². The summed E-state index contributed by atoms with van der Waals surface area (Å²) in [5.41, 5.74) is 1.48. The van der Waals surface area contributed by atoms with Gasteiger partial charge in [-0.15, -0.1) is 12.4 Å². The Morgan fingerprint density at radius 2 is 2.31 bits per heavy atom. The van der Waals surface area contributed by atoms with Gasteiger partial charge in [0.05, 0.1) is 0 Å². The standard InChI is InChI=1S/C10H18N4O.ClH/c1-4-8-7-9(13-12-8)10(15)14(3)6-5-11-2;/h7,11H,4-6H2,1-3H3,(H,12,13);1H. The molecule has 0 unspecified atom stereocenters. The zero-order chi connectivity index (χ0) is 11.3. The molecule has 0 radical (unpaired) electrons. The van der Waals surface area contributed by atoms with Crippen molar-refractivity contribution < 1.29 is 4.79 Å². The molecule has 5 nitrogen and oxygen atoms in total. The van der Waals surface area contributed by atoms with Crippen molar-refractivity contribution in [1.82, 2.24) is 20.4 Å². The minimum Gasteiger partial charge on any atom is -0.339 e. The summed E-state index contributed by atoms with van der Waals surface area (Å²) in [5, 5.41) is 9.81. The van der Waals surface area contributed by atoms with E-state index in [1.54, 1.807) is 18.0 Å². The van der Waals surface area contributed by atoms with Crippen molar-refractivity contribution in [1.29, 1.82) is 0 Å². The number of aromatic amines is 1. The monoisotopic (exact) mass is 246 g/mol. The molecule has 0 saturated heterocycles. The van der Waals surface area contributed by atoms with Gasteiger partial charge in [0.15, 0.2) is 0 Å². The van der Waals surface area contributed by atoms with Gasteiger partial charge in [-0.2, -0.15) is 5.10 Å². The largest absolute Gasteiger partial charge is 0.339 e. The van der Waals surface area contributed by atoms with Crippen LogP contribution < -0.4 is 5.32 Å². The highest BCUT2D eigenvalue weighted by atomic mass is 35.5. The smallest absolute Gasteiger partial charge is 0.274 e. The molecular weight excluding hydrogens is 228 g/mol. The SMILES string of the molecule is CCc1cc(C(=O)N(C)CCNC)n[nH]1.Cl. The molecule has 1 aromatic heterocycles. The Morgan fingerprint density at radius 3 is 2.81 bits per heavy atom. The van der Waals surface area contributed by atoms with Crippen LogP contribution in [0.3, 0.4) is 0 Å². The molecule has 6 heteroatoms. The number of H-pyrrole nitrogens is 1. The van der Waals surface area contributed by atoms with Crippen LogP contribution in [0.5, 0.6) is 0 Å². The lowest BCUT2D eigenvalue weighted by atomic mass is 10.3. The summed E-state index contributed by atoms with van der Waals surface area (Å²) in [4.78, 5) is 13.5. The molecule has 1 amide bonds. The number of halogens is 1. The normalized spacial score (nSPS) is 9.69. The van der Waals surface area contributed by atoms with Crippen LogP contribution in [0.4, 0.5) is 0 Å². The maximum Gasteiger partial charge on any atom is 0.274 e. The van der Waals surface area contributed by atoms with Crippen LogP contribution in [-0.2, 0) is 6.42 Å². The van der Waals surface area contributed by atoms with Crippen molar-refractivity contribution in [3.05, 3.63) is 17.5 Å². The van der Waals surface area contributed by atoms with E-state index in [1.165, 1.54) is 0 Å². The number of likely N-dealkylation sites (N-methyl/N-ethyl adjacent to an activating group) is 2. The Bertz CT molecular complexity index is 326. The van der Waals surface area contributed by atoms with Crippen LogP contribution >= 0.6 is 12.4 Å². The fraction of sp³-hybridized carbons (Fsp3) is 0.600. The number of carbonyl (C=O) groups excluding carboxylic acids is 1. The molecule has 0 aliphatic rings. The predicted molar refractivity (Wildman–Crippen MR) is 66.1 cm³/mol. The van der Waals surface area contributed by atoms with Crippen LogP contribution in [0, 0.1) is 0 Å². The van der Waals surface area contributed by atoms with E-state index in [2.05, 4.69) is 15.5 Å². The number of amides is 1. The molecule has 92 valence electrons. The molecule has 0 atom stereocenters. The first-order valence-electron chi connectivity index (χ1n) is 5.13. The number of aromatic nitrogens is 2. The van der Waals surface area contributed by atoms with E-state index < -0.39 is 0 Å². The lowest BCUT2D eigenvalue weighted by molar-refractivity contribution is 0.0791. The number of carbonyl (C=O) groups is 1. The van der Waals surface area contributed by atoms with Crippen LogP contribution in [0.1, 0.15) is 23.1 Å². The van der Waals surface area contributed by atoms with E-state index in [0.29, 0.717) is 12.2 Å². The van der Waals surface area contributed by atoms with Crippen molar-refractivity contribution >= 4 is 18.3 Å². The predicted octanol–water partition coefficient (Wildman–Crippen LogP) is 0.685. The lowest BCUT2D eigenvalue weighted by Crippen LogP contribution is -2.32. The zero-order valence-corrected chi connectivity index (χ0v) is 10.7. The van der Waals surface area contributed by atoms with E-state index in [9.17, 15) is 4.79 Å². The van der Waals surface area contributed by atoms with Gasteiger partial charge in [0.25, 0.3) is 5.91 Å². The second-order valence-electron chi connectivity index (χ2n) is 3.46. The van der Waals surface area contributed by atoms with Crippen molar-refractivity contribution in [2.24, 2.45) is 0 Å². The van der Waals surface area contributed by atoms with Gasteiger partial charge in [-0.05, 0) is 19.5 Å². The molecule has 16 heavy (non-hydrogen) atoms. The summed E-state index contributed by atoms with van der Waals surface area (Å²) >= 11 is 0. The Balaban J connectivity index is 0.00000225. The molecule has 1 aromatic rings. The van der Waals surface area contributed by atoms with Crippen molar-refractivity contribution in [3.63, 3.8) is 0 Å². The van der Waals surface area contributed by atoms with Crippen LogP contribution in [0.15, 0.2) is 6.07 Å². The fourth-order valence-corrected chi connectivity index (χ4v) is 1.23. The summed E-state index contributed by atoms with van der Waals surface area (Å²) in [6.07, 6.45) is 0.862. The van der Waals surface area contributed by atoms with Gasteiger partial charge < -0.3 is 10.2 Å². The van der Waals surface area contributed by atoms with Gasteiger partial charge in [0.2, 0.25) is 0 Å². The van der Waals surface area contributed by atoms with Crippen molar-refractivity contribution in [2.75, 3.05) is 27.2 Å². The van der Waals surface area contributed by atoms with E-state index in [4.69, 9.17) is 0 Å². The van der Waals surface area contributed by atoms with Crippen molar-refractivity contribution in [2.45, 2.75) is 13.3 Å². The second-order valence-corrected chi connectivity index (χ2v) is 3.46. The van der Waals surface area contributed by atoms with Crippen LogP contribution in [0.2, 0.25) is 0 Å². The van der Waals surface area contributed by atoms with Gasteiger partial charge in [-0.3, -0.25) is 9.89 Å². The number of hydrogen-bond acceptors (Lipinski definition) is 3. The number of nitrogens with one attached hydrogen (secondary N) is 2. The zero-order valence-electron chi connectivity index (χ0n) is 9.91. The van der Waals surface area contributed by atoms with Gasteiger partial charge in [-0.25, -0.2) is 0 Å². The Labute approximate surface area is 102 Å². The minimum atomic E-state index is -0.0406. The third kappa shape index (κ3) is 3.83. The summed E-state index contributed by atoms with van der Waals surface area (Å²) in [6, 6.07) is 1.80. The molecule has 0 aromatic carbocycles. The highest BCUT2D eigenvalue weighted by Gasteiger charge is 2.14. The van der Waals surface area contributed by atoms with Gasteiger partial charge in [-0.1, -0.05) is 6.92 Å².